The Kier molecular flexibility index (Phi) is 5.30. The number of rotatable bonds is 5. The molecule has 1 aliphatic carbocycles. The Hall–Kier alpha value is -1.92. The molecule has 0 saturated heterocycles. The van der Waals surface area contributed by atoms with Crippen LogP contribution < -0.4 is 10.6 Å². The van der Waals surface area contributed by atoms with E-state index in [2.05, 4.69) is 15.7 Å². The van der Waals surface area contributed by atoms with Crippen LogP contribution in [0.2, 0.25) is 0 Å². The van der Waals surface area contributed by atoms with E-state index in [1.807, 2.05) is 0 Å². The molecule has 1 fully saturated rings. The first kappa shape index (κ1) is 15.5. The molecule has 0 unspecified atom stereocenters. The summed E-state index contributed by atoms with van der Waals surface area (Å²) in [6, 6.07) is 0.301. The number of hydrogen-bond acceptors (Lipinski definition) is 4. The number of hydrazone groups is 1. The van der Waals surface area contributed by atoms with E-state index in [1.54, 1.807) is 0 Å². The van der Waals surface area contributed by atoms with E-state index in [4.69, 9.17) is 0 Å². The summed E-state index contributed by atoms with van der Waals surface area (Å²) in [6.45, 7) is 0.286. The Morgan fingerprint density at radius 2 is 2.00 bits per heavy atom. The molecule has 0 aromatic rings. The lowest BCUT2D eigenvalue weighted by Gasteiger charge is -2.19. The molecule has 7 nitrogen and oxygen atoms in total. The molecule has 116 valence electrons. The minimum Gasteiger partial charge on any atom is -0.353 e. The highest BCUT2D eigenvalue weighted by atomic mass is 16.2. The van der Waals surface area contributed by atoms with Crippen molar-refractivity contribution < 1.29 is 14.4 Å². The number of hydrogen-bond donors (Lipinski definition) is 2. The maximum atomic E-state index is 11.9. The first-order valence-electron chi connectivity index (χ1n) is 7.48. The molecule has 2 rings (SSSR count). The van der Waals surface area contributed by atoms with Crippen molar-refractivity contribution in [3.63, 3.8) is 0 Å². The monoisotopic (exact) mass is 294 g/mol. The molecule has 1 aliphatic heterocycles. The Balaban J connectivity index is 1.68. The van der Waals surface area contributed by atoms with E-state index in [-0.39, 0.29) is 30.7 Å². The highest BCUT2D eigenvalue weighted by Gasteiger charge is 2.22. The molecule has 7 heteroatoms. The number of carbonyl (C=O) groups excluding carboxylic acids is 3. The highest BCUT2D eigenvalue weighted by Crippen LogP contribution is 2.17. The van der Waals surface area contributed by atoms with Crippen LogP contribution in [0.3, 0.4) is 0 Å². The Labute approximate surface area is 124 Å². The van der Waals surface area contributed by atoms with Gasteiger partial charge in [-0.1, -0.05) is 12.8 Å². The summed E-state index contributed by atoms with van der Waals surface area (Å²) in [5.74, 6) is -0.425. The minimum absolute atomic E-state index is 0.0277. The second kappa shape index (κ2) is 7.19. The SMILES string of the molecule is CN1N=C(C(=O)NCCC(=O)NC2CCCC2)CCC1=O. The van der Waals surface area contributed by atoms with Gasteiger partial charge in [0.2, 0.25) is 11.8 Å². The van der Waals surface area contributed by atoms with Crippen LogP contribution in [0.5, 0.6) is 0 Å². The van der Waals surface area contributed by atoms with Crippen LogP contribution in [0, 0.1) is 0 Å². The highest BCUT2D eigenvalue weighted by molar-refractivity contribution is 6.39. The molecule has 2 N–H and O–H groups in total. The Bertz CT molecular complexity index is 455. The average Bonchev–Trinajstić information content (AvgIpc) is 2.94. The second-order valence-electron chi connectivity index (χ2n) is 5.52. The topological polar surface area (TPSA) is 90.9 Å². The molecule has 0 aromatic carbocycles. The lowest BCUT2D eigenvalue weighted by atomic mass is 10.1. The van der Waals surface area contributed by atoms with Crippen molar-refractivity contribution in [1.29, 1.82) is 0 Å². The van der Waals surface area contributed by atoms with E-state index in [9.17, 15) is 14.4 Å². The van der Waals surface area contributed by atoms with Crippen LogP contribution in [0.25, 0.3) is 0 Å². The molecule has 2 aliphatic rings. The maximum Gasteiger partial charge on any atom is 0.267 e. The minimum atomic E-state index is -0.303. The van der Waals surface area contributed by atoms with Crippen LogP contribution in [-0.4, -0.2) is 48.1 Å². The summed E-state index contributed by atoms with van der Waals surface area (Å²) in [5, 5.41) is 10.8. The molecule has 0 spiro atoms. The standard InChI is InChI=1S/C14H22N4O3/c1-18-13(20)7-6-11(17-18)14(21)15-9-8-12(19)16-10-4-2-3-5-10/h10H,2-9H2,1H3,(H,15,21)(H,16,19). The van der Waals surface area contributed by atoms with Crippen molar-refractivity contribution >= 4 is 23.4 Å². The van der Waals surface area contributed by atoms with Crippen molar-refractivity contribution in [3.05, 3.63) is 0 Å². The fourth-order valence-electron chi connectivity index (χ4n) is 2.59. The van der Waals surface area contributed by atoms with Crippen molar-refractivity contribution in [2.45, 2.75) is 51.0 Å². The van der Waals surface area contributed by atoms with Gasteiger partial charge in [-0.15, -0.1) is 0 Å². The Morgan fingerprint density at radius 1 is 1.29 bits per heavy atom. The van der Waals surface area contributed by atoms with E-state index in [0.717, 1.165) is 12.8 Å². The van der Waals surface area contributed by atoms with Gasteiger partial charge < -0.3 is 10.6 Å². The van der Waals surface area contributed by atoms with Crippen LogP contribution in [-0.2, 0) is 14.4 Å². The average molecular weight is 294 g/mol. The van der Waals surface area contributed by atoms with Gasteiger partial charge in [0.1, 0.15) is 5.71 Å². The largest absolute Gasteiger partial charge is 0.353 e. The zero-order chi connectivity index (χ0) is 15.2. The third-order valence-electron chi connectivity index (χ3n) is 3.83. The fourth-order valence-corrected chi connectivity index (χ4v) is 2.59. The first-order valence-corrected chi connectivity index (χ1v) is 7.48. The summed E-state index contributed by atoms with van der Waals surface area (Å²) in [5.41, 5.74) is 0.341. The van der Waals surface area contributed by atoms with Gasteiger partial charge in [-0.25, -0.2) is 5.01 Å². The molecule has 21 heavy (non-hydrogen) atoms. The van der Waals surface area contributed by atoms with Gasteiger partial charge in [-0.3, -0.25) is 14.4 Å². The Morgan fingerprint density at radius 3 is 2.67 bits per heavy atom. The fraction of sp³-hybridized carbons (Fsp3) is 0.714. The third-order valence-corrected chi connectivity index (χ3v) is 3.83. The van der Waals surface area contributed by atoms with Gasteiger partial charge >= 0.3 is 0 Å². The quantitative estimate of drug-likeness (QED) is 0.756. The molecule has 3 amide bonds. The van der Waals surface area contributed by atoms with Crippen LogP contribution in [0.15, 0.2) is 5.10 Å². The van der Waals surface area contributed by atoms with E-state index < -0.39 is 0 Å². The predicted octanol–water partition coefficient (Wildman–Crippen LogP) is 0.160. The van der Waals surface area contributed by atoms with Crippen molar-refractivity contribution in [2.24, 2.45) is 5.10 Å². The number of nitrogens with zero attached hydrogens (tertiary/aromatic N) is 2. The molecular weight excluding hydrogens is 272 g/mol. The van der Waals surface area contributed by atoms with Crippen LogP contribution in [0.1, 0.15) is 44.9 Å². The van der Waals surface area contributed by atoms with Crippen molar-refractivity contribution in [2.75, 3.05) is 13.6 Å². The number of amides is 3. The van der Waals surface area contributed by atoms with Crippen molar-refractivity contribution in [1.82, 2.24) is 15.6 Å². The van der Waals surface area contributed by atoms with Gasteiger partial charge in [0.15, 0.2) is 0 Å². The lowest BCUT2D eigenvalue weighted by Crippen LogP contribution is -2.40. The van der Waals surface area contributed by atoms with Crippen molar-refractivity contribution in [3.8, 4) is 0 Å². The number of nitrogens with one attached hydrogen (secondary N) is 2. The van der Waals surface area contributed by atoms with E-state index in [0.29, 0.717) is 24.6 Å². The molecule has 0 radical (unpaired) electrons. The molecular formula is C14H22N4O3. The van der Waals surface area contributed by atoms with Gasteiger partial charge in [-0.2, -0.15) is 5.10 Å². The first-order chi connectivity index (χ1) is 10.1. The number of carbonyl (C=O) groups is 3. The molecule has 1 saturated carbocycles. The predicted molar refractivity (Wildman–Crippen MR) is 77.5 cm³/mol. The summed E-state index contributed by atoms with van der Waals surface area (Å²) in [6.07, 6.45) is 5.37. The lowest BCUT2D eigenvalue weighted by molar-refractivity contribution is -0.130. The van der Waals surface area contributed by atoms with Gasteiger partial charge in [0.05, 0.1) is 0 Å². The maximum absolute atomic E-state index is 11.9. The zero-order valence-electron chi connectivity index (χ0n) is 12.4. The second-order valence-corrected chi connectivity index (χ2v) is 5.52. The summed E-state index contributed by atoms with van der Waals surface area (Å²) in [4.78, 5) is 34.8. The molecule has 0 bridgehead atoms. The van der Waals surface area contributed by atoms with Gasteiger partial charge in [0, 0.05) is 38.9 Å². The van der Waals surface area contributed by atoms with E-state index >= 15 is 0 Å². The van der Waals surface area contributed by atoms with E-state index in [1.165, 1.54) is 24.9 Å². The molecule has 0 aromatic heterocycles. The smallest absolute Gasteiger partial charge is 0.267 e. The molecule has 1 heterocycles. The van der Waals surface area contributed by atoms with Crippen LogP contribution in [0.4, 0.5) is 0 Å². The third kappa shape index (κ3) is 4.54. The van der Waals surface area contributed by atoms with Gasteiger partial charge in [-0.05, 0) is 12.8 Å². The summed E-state index contributed by atoms with van der Waals surface area (Å²) >= 11 is 0. The van der Waals surface area contributed by atoms with Crippen LogP contribution >= 0.6 is 0 Å². The van der Waals surface area contributed by atoms with Gasteiger partial charge in [0.25, 0.3) is 5.91 Å². The molecule has 0 atom stereocenters. The summed E-state index contributed by atoms with van der Waals surface area (Å²) in [7, 11) is 1.53. The zero-order valence-corrected chi connectivity index (χ0v) is 12.4. The summed E-state index contributed by atoms with van der Waals surface area (Å²) < 4.78 is 0. The normalized spacial score (nSPS) is 19.4.